The summed E-state index contributed by atoms with van der Waals surface area (Å²) in [6.45, 7) is 2.21. The average Bonchev–Trinajstić information content (AvgIpc) is 2.66. The molecule has 3 rings (SSSR count). The van der Waals surface area contributed by atoms with Crippen molar-refractivity contribution in [2.75, 3.05) is 13.1 Å². The fourth-order valence-electron chi connectivity index (χ4n) is 2.43. The highest BCUT2D eigenvalue weighted by atomic mass is 16.4. The molecule has 1 aliphatic heterocycles. The van der Waals surface area contributed by atoms with Gasteiger partial charge in [0.1, 0.15) is 5.76 Å². The van der Waals surface area contributed by atoms with Crippen molar-refractivity contribution in [3.63, 3.8) is 0 Å². The molecule has 1 N–H and O–H groups in total. The normalized spacial score (nSPS) is 27.6. The fraction of sp³-hybridized carbons (Fsp3) is 0.750. The molecular weight excluding hydrogens is 188 g/mol. The first-order valence-corrected chi connectivity index (χ1v) is 6.10. The van der Waals surface area contributed by atoms with Gasteiger partial charge < -0.3 is 9.73 Å². The van der Waals surface area contributed by atoms with Crippen molar-refractivity contribution in [1.29, 1.82) is 0 Å². The minimum Gasteiger partial charge on any atom is -0.445 e. The third-order valence-corrected chi connectivity index (χ3v) is 3.70. The van der Waals surface area contributed by atoms with Crippen LogP contribution in [0, 0.1) is 0 Å². The van der Waals surface area contributed by atoms with E-state index in [1.54, 1.807) is 0 Å². The Bertz CT molecular complexity index is 324. The average molecular weight is 206 g/mol. The van der Waals surface area contributed by atoms with Gasteiger partial charge in [0.05, 0.1) is 6.20 Å². The molecule has 1 atom stereocenters. The second kappa shape index (κ2) is 3.97. The summed E-state index contributed by atoms with van der Waals surface area (Å²) in [6, 6.07) is 0. The Morgan fingerprint density at radius 2 is 2.07 bits per heavy atom. The van der Waals surface area contributed by atoms with Gasteiger partial charge in [0.2, 0.25) is 0 Å². The number of nitrogens with zero attached hydrogens (tertiary/aromatic N) is 1. The highest BCUT2D eigenvalue weighted by Crippen LogP contribution is 2.37. The van der Waals surface area contributed by atoms with E-state index in [1.807, 2.05) is 6.20 Å². The monoisotopic (exact) mass is 206 g/mol. The summed E-state index contributed by atoms with van der Waals surface area (Å²) < 4.78 is 5.88. The molecule has 2 heterocycles. The maximum atomic E-state index is 5.88. The first-order chi connectivity index (χ1) is 7.43. The van der Waals surface area contributed by atoms with Gasteiger partial charge in [-0.1, -0.05) is 6.42 Å². The summed E-state index contributed by atoms with van der Waals surface area (Å²) in [4.78, 5) is 4.42. The maximum Gasteiger partial charge on any atom is 0.197 e. The molecule has 3 heteroatoms. The molecule has 0 spiro atoms. The molecule has 0 aromatic carbocycles. The van der Waals surface area contributed by atoms with Crippen LogP contribution in [0.2, 0.25) is 0 Å². The van der Waals surface area contributed by atoms with Crippen molar-refractivity contribution in [3.8, 4) is 0 Å². The highest BCUT2D eigenvalue weighted by Gasteiger charge is 2.26. The second-order valence-corrected chi connectivity index (χ2v) is 4.77. The van der Waals surface area contributed by atoms with Gasteiger partial charge in [-0.25, -0.2) is 4.98 Å². The highest BCUT2D eigenvalue weighted by molar-refractivity contribution is 5.07. The van der Waals surface area contributed by atoms with Gasteiger partial charge in [-0.05, 0) is 32.2 Å². The van der Waals surface area contributed by atoms with Gasteiger partial charge in [-0.3, -0.25) is 0 Å². The van der Waals surface area contributed by atoms with Crippen LogP contribution in [0.5, 0.6) is 0 Å². The number of rotatable bonds is 2. The van der Waals surface area contributed by atoms with E-state index in [0.29, 0.717) is 11.8 Å². The summed E-state index contributed by atoms with van der Waals surface area (Å²) in [6.07, 6.45) is 8.32. The van der Waals surface area contributed by atoms with Crippen molar-refractivity contribution in [2.45, 2.75) is 43.9 Å². The minimum absolute atomic E-state index is 0.556. The Morgan fingerprint density at radius 1 is 1.20 bits per heavy atom. The molecule has 3 nitrogen and oxygen atoms in total. The quantitative estimate of drug-likeness (QED) is 0.807. The summed E-state index contributed by atoms with van der Waals surface area (Å²) >= 11 is 0. The van der Waals surface area contributed by atoms with E-state index >= 15 is 0 Å². The Hall–Kier alpha value is -0.830. The Kier molecular flexibility index (Phi) is 2.49. The lowest BCUT2D eigenvalue weighted by Gasteiger charge is -2.22. The van der Waals surface area contributed by atoms with Crippen molar-refractivity contribution < 1.29 is 4.42 Å². The number of hydrogen-bond donors (Lipinski definition) is 1. The first-order valence-electron chi connectivity index (χ1n) is 6.10. The predicted molar refractivity (Wildman–Crippen MR) is 57.9 cm³/mol. The molecule has 0 radical (unpaired) electrons. The van der Waals surface area contributed by atoms with Crippen LogP contribution in [-0.4, -0.2) is 18.1 Å². The van der Waals surface area contributed by atoms with Crippen LogP contribution < -0.4 is 5.32 Å². The van der Waals surface area contributed by atoms with E-state index in [0.717, 1.165) is 24.7 Å². The lowest BCUT2D eigenvalue weighted by Crippen LogP contribution is -2.28. The van der Waals surface area contributed by atoms with E-state index < -0.39 is 0 Å². The molecule has 1 aromatic rings. The van der Waals surface area contributed by atoms with Gasteiger partial charge in [-0.2, -0.15) is 0 Å². The Morgan fingerprint density at radius 3 is 2.73 bits per heavy atom. The predicted octanol–water partition coefficient (Wildman–Crippen LogP) is 2.41. The van der Waals surface area contributed by atoms with E-state index in [9.17, 15) is 0 Å². The van der Waals surface area contributed by atoms with Crippen LogP contribution in [0.15, 0.2) is 10.6 Å². The van der Waals surface area contributed by atoms with Gasteiger partial charge in [0.25, 0.3) is 0 Å². The van der Waals surface area contributed by atoms with Crippen molar-refractivity contribution in [3.05, 3.63) is 17.8 Å². The zero-order valence-corrected chi connectivity index (χ0v) is 9.04. The number of piperidine rings is 1. The first kappa shape index (κ1) is 9.40. The summed E-state index contributed by atoms with van der Waals surface area (Å²) in [5.74, 6) is 3.27. The third-order valence-electron chi connectivity index (χ3n) is 3.70. The molecule has 2 fully saturated rings. The molecule has 2 aliphatic rings. The van der Waals surface area contributed by atoms with Crippen LogP contribution in [0.3, 0.4) is 0 Å². The van der Waals surface area contributed by atoms with Crippen LogP contribution in [0.4, 0.5) is 0 Å². The summed E-state index contributed by atoms with van der Waals surface area (Å²) in [5.41, 5.74) is 0. The topological polar surface area (TPSA) is 38.1 Å². The van der Waals surface area contributed by atoms with Crippen molar-refractivity contribution in [2.24, 2.45) is 0 Å². The van der Waals surface area contributed by atoms with E-state index in [1.165, 1.54) is 32.1 Å². The van der Waals surface area contributed by atoms with Gasteiger partial charge in [0, 0.05) is 18.4 Å². The molecule has 1 unspecified atom stereocenters. The standard InChI is InChI=1S/C12H18N2O/c1-3-9(4-1)12-14-8-11(15-12)10-5-2-6-13-7-10/h8-10,13H,1-7H2. The number of hydrogen-bond acceptors (Lipinski definition) is 3. The maximum absolute atomic E-state index is 5.88. The molecule has 82 valence electrons. The van der Waals surface area contributed by atoms with Gasteiger partial charge in [-0.15, -0.1) is 0 Å². The molecular formula is C12H18N2O. The number of nitrogens with one attached hydrogen (secondary N) is 1. The van der Waals surface area contributed by atoms with Crippen LogP contribution >= 0.6 is 0 Å². The zero-order valence-electron chi connectivity index (χ0n) is 9.04. The zero-order chi connectivity index (χ0) is 10.1. The van der Waals surface area contributed by atoms with Gasteiger partial charge >= 0.3 is 0 Å². The number of oxazole rings is 1. The lowest BCUT2D eigenvalue weighted by molar-refractivity contribution is 0.307. The largest absolute Gasteiger partial charge is 0.445 e. The molecule has 1 aliphatic carbocycles. The van der Waals surface area contributed by atoms with Crippen LogP contribution in [0.25, 0.3) is 0 Å². The molecule has 1 saturated heterocycles. The Labute approximate surface area is 90.3 Å². The molecule has 1 aromatic heterocycles. The van der Waals surface area contributed by atoms with Crippen LogP contribution in [0.1, 0.15) is 55.6 Å². The smallest absolute Gasteiger partial charge is 0.197 e. The van der Waals surface area contributed by atoms with E-state index in [4.69, 9.17) is 4.42 Å². The number of aromatic nitrogens is 1. The minimum atomic E-state index is 0.556. The van der Waals surface area contributed by atoms with Crippen molar-refractivity contribution in [1.82, 2.24) is 10.3 Å². The molecule has 1 saturated carbocycles. The SMILES string of the molecule is c1nc(C2CCC2)oc1C1CCCNC1. The fourth-order valence-corrected chi connectivity index (χ4v) is 2.43. The summed E-state index contributed by atoms with van der Waals surface area (Å²) in [7, 11) is 0. The van der Waals surface area contributed by atoms with E-state index in [-0.39, 0.29) is 0 Å². The third kappa shape index (κ3) is 1.81. The summed E-state index contributed by atoms with van der Waals surface area (Å²) in [5, 5.41) is 3.41. The van der Waals surface area contributed by atoms with Crippen molar-refractivity contribution >= 4 is 0 Å². The molecule has 0 amide bonds. The molecule has 0 bridgehead atoms. The molecule has 15 heavy (non-hydrogen) atoms. The van der Waals surface area contributed by atoms with Gasteiger partial charge in [0.15, 0.2) is 5.89 Å². The Balaban J connectivity index is 1.71. The van der Waals surface area contributed by atoms with Crippen LogP contribution in [-0.2, 0) is 0 Å². The lowest BCUT2D eigenvalue weighted by atomic mass is 9.85. The second-order valence-electron chi connectivity index (χ2n) is 4.77. The van der Waals surface area contributed by atoms with E-state index in [2.05, 4.69) is 10.3 Å².